The Labute approximate surface area is 75.9 Å². The maximum absolute atomic E-state index is 11.4. The normalized spacial score (nSPS) is 12.5. The number of hydrogen-bond acceptors (Lipinski definition) is 5. The molecule has 70 valence electrons. The van der Waals surface area contributed by atoms with E-state index in [0.29, 0.717) is 0 Å². The molecule has 1 atom stereocenters. The highest BCUT2D eigenvalue weighted by Crippen LogP contribution is 1.96. The average Bonchev–Trinajstić information content (AvgIpc) is 2.18. The second kappa shape index (κ2) is 4.64. The first-order valence-electron chi connectivity index (χ1n) is 3.80. The summed E-state index contributed by atoms with van der Waals surface area (Å²) in [5, 5.41) is 0. The molecule has 0 aliphatic rings. The van der Waals surface area contributed by atoms with Crippen molar-refractivity contribution in [1.29, 1.82) is 0 Å². The van der Waals surface area contributed by atoms with Gasteiger partial charge in [0.25, 0.3) is 0 Å². The van der Waals surface area contributed by atoms with Crippen LogP contribution in [0.4, 0.5) is 0 Å². The van der Waals surface area contributed by atoms with Crippen LogP contribution in [-0.4, -0.2) is 35.5 Å². The number of nitrogens with two attached hydrogens (primary N) is 1. The van der Waals surface area contributed by atoms with Gasteiger partial charge in [-0.1, -0.05) is 0 Å². The van der Waals surface area contributed by atoms with Gasteiger partial charge in [-0.25, -0.2) is 4.98 Å². The summed E-state index contributed by atoms with van der Waals surface area (Å²) in [6.07, 6.45) is 4.34. The van der Waals surface area contributed by atoms with E-state index in [-0.39, 0.29) is 18.1 Å². The predicted molar refractivity (Wildman–Crippen MR) is 46.2 cm³/mol. The highest BCUT2D eigenvalue weighted by atomic mass is 16.5. The maximum Gasteiger partial charge on any atom is 0.201 e. The van der Waals surface area contributed by atoms with Crippen LogP contribution in [0.5, 0.6) is 0 Å². The Kier molecular flexibility index (Phi) is 3.48. The van der Waals surface area contributed by atoms with Crippen molar-refractivity contribution in [3.05, 3.63) is 24.3 Å². The van der Waals surface area contributed by atoms with Gasteiger partial charge in [0, 0.05) is 19.5 Å². The second-order valence-corrected chi connectivity index (χ2v) is 2.52. The second-order valence-electron chi connectivity index (χ2n) is 2.52. The molecule has 0 saturated heterocycles. The number of nitrogens with zero attached hydrogens (tertiary/aromatic N) is 2. The molecule has 1 aromatic rings. The smallest absolute Gasteiger partial charge is 0.201 e. The fourth-order valence-corrected chi connectivity index (χ4v) is 0.872. The van der Waals surface area contributed by atoms with Gasteiger partial charge in [0.2, 0.25) is 5.78 Å². The van der Waals surface area contributed by atoms with Crippen LogP contribution in [0.25, 0.3) is 0 Å². The number of carbonyl (C=O) groups is 1. The van der Waals surface area contributed by atoms with Crippen LogP contribution in [0, 0.1) is 0 Å². The van der Waals surface area contributed by atoms with Gasteiger partial charge >= 0.3 is 0 Å². The summed E-state index contributed by atoms with van der Waals surface area (Å²) in [7, 11) is 1.49. The van der Waals surface area contributed by atoms with Gasteiger partial charge < -0.3 is 10.5 Å². The minimum atomic E-state index is -0.665. The molecule has 5 nitrogen and oxygen atoms in total. The van der Waals surface area contributed by atoms with Crippen LogP contribution in [-0.2, 0) is 4.74 Å². The molecule has 0 fully saturated rings. The van der Waals surface area contributed by atoms with Crippen molar-refractivity contribution < 1.29 is 9.53 Å². The van der Waals surface area contributed by atoms with Crippen molar-refractivity contribution in [2.45, 2.75) is 6.04 Å². The third-order valence-corrected chi connectivity index (χ3v) is 1.50. The number of carbonyl (C=O) groups excluding carboxylic acids is 1. The lowest BCUT2D eigenvalue weighted by atomic mass is 10.1. The molecule has 0 aliphatic carbocycles. The van der Waals surface area contributed by atoms with Crippen LogP contribution in [0.1, 0.15) is 10.5 Å². The zero-order valence-corrected chi connectivity index (χ0v) is 7.30. The molecule has 0 aromatic carbocycles. The number of rotatable bonds is 4. The summed E-state index contributed by atoms with van der Waals surface area (Å²) in [4.78, 5) is 19.0. The number of Topliss-reactive ketones (excluding diaryl/α,β-unsaturated/α-hetero) is 1. The minimum absolute atomic E-state index is 0.190. The number of ketones is 1. The Hall–Kier alpha value is -1.33. The third kappa shape index (κ3) is 2.57. The van der Waals surface area contributed by atoms with E-state index in [9.17, 15) is 4.79 Å². The van der Waals surface area contributed by atoms with E-state index in [0.717, 1.165) is 0 Å². The van der Waals surface area contributed by atoms with Crippen molar-refractivity contribution in [1.82, 2.24) is 9.97 Å². The van der Waals surface area contributed by atoms with E-state index in [1.807, 2.05) is 0 Å². The first kappa shape index (κ1) is 9.76. The Morgan fingerprint density at radius 3 is 3.00 bits per heavy atom. The zero-order chi connectivity index (χ0) is 9.68. The summed E-state index contributed by atoms with van der Waals surface area (Å²) in [5.41, 5.74) is 5.79. The molecular weight excluding hydrogens is 170 g/mol. The summed E-state index contributed by atoms with van der Waals surface area (Å²) in [5.74, 6) is -0.255. The van der Waals surface area contributed by atoms with Gasteiger partial charge in [0.05, 0.1) is 18.8 Å². The molecule has 1 unspecified atom stereocenters. The highest BCUT2D eigenvalue weighted by Gasteiger charge is 2.16. The highest BCUT2D eigenvalue weighted by molar-refractivity contribution is 5.98. The SMILES string of the molecule is COCC(N)C(=O)c1cnccn1. The maximum atomic E-state index is 11.4. The van der Waals surface area contributed by atoms with Gasteiger partial charge in [-0.05, 0) is 0 Å². The van der Waals surface area contributed by atoms with Crippen LogP contribution in [0.15, 0.2) is 18.6 Å². The van der Waals surface area contributed by atoms with Gasteiger partial charge in [0.1, 0.15) is 5.69 Å². The fourth-order valence-electron chi connectivity index (χ4n) is 0.872. The average molecular weight is 181 g/mol. The summed E-state index contributed by atoms with van der Waals surface area (Å²) in [6, 6.07) is -0.665. The molecular formula is C8H11N3O2. The standard InChI is InChI=1S/C8H11N3O2/c1-13-5-6(9)8(12)7-4-10-2-3-11-7/h2-4,6H,5,9H2,1H3. The Bertz CT molecular complexity index is 276. The monoisotopic (exact) mass is 181 g/mol. The van der Waals surface area contributed by atoms with E-state index in [1.165, 1.54) is 25.7 Å². The minimum Gasteiger partial charge on any atom is -0.383 e. The fraction of sp³-hybridized carbons (Fsp3) is 0.375. The first-order chi connectivity index (χ1) is 6.25. The van der Waals surface area contributed by atoms with Gasteiger partial charge in [0.15, 0.2) is 0 Å². The van der Waals surface area contributed by atoms with E-state index in [2.05, 4.69) is 9.97 Å². The Morgan fingerprint density at radius 1 is 1.69 bits per heavy atom. The predicted octanol–water partition coefficient (Wildman–Crippen LogP) is -0.367. The van der Waals surface area contributed by atoms with Crippen LogP contribution in [0.3, 0.4) is 0 Å². The summed E-state index contributed by atoms with van der Waals surface area (Å²) in [6.45, 7) is 0.190. The zero-order valence-electron chi connectivity index (χ0n) is 7.30. The molecule has 0 bridgehead atoms. The summed E-state index contributed by atoms with van der Waals surface area (Å²) < 4.78 is 4.75. The largest absolute Gasteiger partial charge is 0.383 e. The number of hydrogen-bond donors (Lipinski definition) is 1. The lowest BCUT2D eigenvalue weighted by molar-refractivity contribution is 0.0887. The molecule has 0 radical (unpaired) electrons. The van der Waals surface area contributed by atoms with Gasteiger partial charge in [-0.3, -0.25) is 9.78 Å². The molecule has 13 heavy (non-hydrogen) atoms. The van der Waals surface area contributed by atoms with Gasteiger partial charge in [-0.2, -0.15) is 0 Å². The van der Waals surface area contributed by atoms with Crippen molar-refractivity contribution in [2.24, 2.45) is 5.73 Å². The molecule has 1 aromatic heterocycles. The van der Waals surface area contributed by atoms with E-state index in [1.54, 1.807) is 0 Å². The molecule has 0 spiro atoms. The molecule has 2 N–H and O–H groups in total. The van der Waals surface area contributed by atoms with Crippen LogP contribution >= 0.6 is 0 Å². The molecule has 0 aliphatic heterocycles. The van der Waals surface area contributed by atoms with E-state index < -0.39 is 6.04 Å². The Morgan fingerprint density at radius 2 is 2.46 bits per heavy atom. The van der Waals surface area contributed by atoms with Crippen molar-refractivity contribution in [2.75, 3.05) is 13.7 Å². The number of methoxy groups -OCH3 is 1. The van der Waals surface area contributed by atoms with E-state index >= 15 is 0 Å². The first-order valence-corrected chi connectivity index (χ1v) is 3.80. The van der Waals surface area contributed by atoms with Gasteiger partial charge in [-0.15, -0.1) is 0 Å². The van der Waals surface area contributed by atoms with Crippen LogP contribution < -0.4 is 5.73 Å². The molecule has 0 saturated carbocycles. The number of ether oxygens (including phenoxy) is 1. The van der Waals surface area contributed by atoms with Crippen molar-refractivity contribution in [3.8, 4) is 0 Å². The lowest BCUT2D eigenvalue weighted by Crippen LogP contribution is -2.35. The van der Waals surface area contributed by atoms with E-state index in [4.69, 9.17) is 10.5 Å². The Balaban J connectivity index is 2.68. The molecule has 1 heterocycles. The number of aromatic nitrogens is 2. The van der Waals surface area contributed by atoms with Crippen molar-refractivity contribution >= 4 is 5.78 Å². The van der Waals surface area contributed by atoms with Crippen molar-refractivity contribution in [3.63, 3.8) is 0 Å². The van der Waals surface area contributed by atoms with Crippen LogP contribution in [0.2, 0.25) is 0 Å². The third-order valence-electron chi connectivity index (χ3n) is 1.50. The quantitative estimate of drug-likeness (QED) is 0.641. The molecule has 5 heteroatoms. The molecule has 1 rings (SSSR count). The summed E-state index contributed by atoms with van der Waals surface area (Å²) >= 11 is 0. The topological polar surface area (TPSA) is 78.1 Å². The lowest BCUT2D eigenvalue weighted by Gasteiger charge is -2.07. The molecule has 0 amide bonds.